The first-order valence-corrected chi connectivity index (χ1v) is 4.26. The number of rotatable bonds is 1. The molecule has 1 aliphatic carbocycles. The fourth-order valence-corrected chi connectivity index (χ4v) is 1.61. The minimum atomic E-state index is -0.388. The van der Waals surface area contributed by atoms with Gasteiger partial charge in [-0.2, -0.15) is 0 Å². The van der Waals surface area contributed by atoms with Gasteiger partial charge in [0.25, 0.3) is 0 Å². The van der Waals surface area contributed by atoms with Gasteiger partial charge in [0.1, 0.15) is 0 Å². The molecular formula is C10H14O3. The fourth-order valence-electron chi connectivity index (χ4n) is 1.61. The van der Waals surface area contributed by atoms with Crippen molar-refractivity contribution in [2.45, 2.75) is 26.7 Å². The van der Waals surface area contributed by atoms with E-state index in [1.54, 1.807) is 0 Å². The van der Waals surface area contributed by atoms with Gasteiger partial charge in [-0.3, -0.25) is 4.79 Å². The van der Waals surface area contributed by atoms with Crippen LogP contribution < -0.4 is 0 Å². The summed E-state index contributed by atoms with van der Waals surface area (Å²) < 4.78 is 4.57. The zero-order valence-corrected chi connectivity index (χ0v) is 8.22. The molecule has 0 aromatic heterocycles. The minimum Gasteiger partial charge on any atom is -0.466 e. The normalized spacial score (nSPS) is 20.8. The van der Waals surface area contributed by atoms with E-state index in [0.29, 0.717) is 18.4 Å². The molecule has 0 aromatic carbocycles. The van der Waals surface area contributed by atoms with Crippen molar-refractivity contribution in [3.05, 3.63) is 11.6 Å². The van der Waals surface area contributed by atoms with E-state index in [-0.39, 0.29) is 17.2 Å². The van der Waals surface area contributed by atoms with Gasteiger partial charge >= 0.3 is 5.97 Å². The molecule has 3 heteroatoms. The number of methoxy groups -OCH3 is 1. The molecule has 0 spiro atoms. The third-order valence-electron chi connectivity index (χ3n) is 2.10. The Morgan fingerprint density at radius 1 is 1.46 bits per heavy atom. The first kappa shape index (κ1) is 9.96. The van der Waals surface area contributed by atoms with Gasteiger partial charge in [-0.25, -0.2) is 4.79 Å². The van der Waals surface area contributed by atoms with Crippen LogP contribution in [0, 0.1) is 5.41 Å². The highest BCUT2D eigenvalue weighted by Crippen LogP contribution is 2.33. The Morgan fingerprint density at radius 3 is 2.54 bits per heavy atom. The lowest BCUT2D eigenvalue weighted by atomic mass is 9.77. The Bertz CT molecular complexity index is 274. The number of hydrogen-bond donors (Lipinski definition) is 0. The number of hydrogen-bond acceptors (Lipinski definition) is 3. The SMILES string of the molecule is COC(=O)C1=CC(=O)CC(C)(C)C1. The molecule has 13 heavy (non-hydrogen) atoms. The second-order valence-corrected chi connectivity index (χ2v) is 4.15. The van der Waals surface area contributed by atoms with Gasteiger partial charge < -0.3 is 4.74 Å². The molecule has 72 valence electrons. The van der Waals surface area contributed by atoms with Gasteiger partial charge in [0.2, 0.25) is 0 Å². The van der Waals surface area contributed by atoms with Gasteiger partial charge in [-0.15, -0.1) is 0 Å². The van der Waals surface area contributed by atoms with Gasteiger partial charge in [0.05, 0.1) is 7.11 Å². The van der Waals surface area contributed by atoms with E-state index in [0.717, 1.165) is 0 Å². The molecule has 0 aromatic rings. The predicted octanol–water partition coefficient (Wildman–Crippen LogP) is 1.47. The number of ketones is 1. The number of ether oxygens (including phenoxy) is 1. The maximum atomic E-state index is 11.2. The smallest absolute Gasteiger partial charge is 0.333 e. The zero-order valence-electron chi connectivity index (χ0n) is 8.22. The maximum Gasteiger partial charge on any atom is 0.333 e. The Morgan fingerprint density at radius 2 is 2.08 bits per heavy atom. The number of allylic oxidation sites excluding steroid dienone is 1. The van der Waals surface area contributed by atoms with Crippen molar-refractivity contribution in [2.24, 2.45) is 5.41 Å². The zero-order chi connectivity index (χ0) is 10.1. The molecule has 0 aliphatic heterocycles. The molecule has 0 atom stereocenters. The van der Waals surface area contributed by atoms with Gasteiger partial charge in [0, 0.05) is 12.0 Å². The summed E-state index contributed by atoms with van der Waals surface area (Å²) in [5.74, 6) is -0.377. The van der Waals surface area contributed by atoms with E-state index in [4.69, 9.17) is 0 Å². The molecule has 0 bridgehead atoms. The van der Waals surface area contributed by atoms with E-state index < -0.39 is 0 Å². The van der Waals surface area contributed by atoms with Crippen LogP contribution in [0.1, 0.15) is 26.7 Å². The van der Waals surface area contributed by atoms with Crippen LogP contribution >= 0.6 is 0 Å². The van der Waals surface area contributed by atoms with Crippen molar-refractivity contribution < 1.29 is 14.3 Å². The maximum absolute atomic E-state index is 11.2. The van der Waals surface area contributed by atoms with Crippen LogP contribution in [0.15, 0.2) is 11.6 Å². The summed E-state index contributed by atoms with van der Waals surface area (Å²) in [6, 6.07) is 0. The molecule has 0 heterocycles. The molecule has 0 N–H and O–H groups in total. The van der Waals surface area contributed by atoms with Crippen LogP contribution in [-0.4, -0.2) is 18.9 Å². The van der Waals surface area contributed by atoms with Gasteiger partial charge in [0.15, 0.2) is 5.78 Å². The average Bonchev–Trinajstić information content (AvgIpc) is 1.99. The molecule has 3 nitrogen and oxygen atoms in total. The molecule has 0 saturated carbocycles. The van der Waals surface area contributed by atoms with Crippen LogP contribution in [0.25, 0.3) is 0 Å². The highest BCUT2D eigenvalue weighted by Gasteiger charge is 2.30. The molecule has 0 amide bonds. The molecule has 1 aliphatic rings. The first-order valence-electron chi connectivity index (χ1n) is 4.26. The highest BCUT2D eigenvalue weighted by molar-refractivity contribution is 6.01. The summed E-state index contributed by atoms with van der Waals surface area (Å²) in [4.78, 5) is 22.4. The molecule has 0 fully saturated rings. The molecular weight excluding hydrogens is 168 g/mol. The van der Waals surface area contributed by atoms with Crippen molar-refractivity contribution in [3.63, 3.8) is 0 Å². The van der Waals surface area contributed by atoms with E-state index >= 15 is 0 Å². The second-order valence-electron chi connectivity index (χ2n) is 4.15. The Balaban J connectivity index is 2.87. The third kappa shape index (κ3) is 2.41. The summed E-state index contributed by atoms with van der Waals surface area (Å²) >= 11 is 0. The highest BCUT2D eigenvalue weighted by atomic mass is 16.5. The second kappa shape index (κ2) is 3.32. The Hall–Kier alpha value is -1.12. The van der Waals surface area contributed by atoms with Crippen LogP contribution in [0.4, 0.5) is 0 Å². The largest absolute Gasteiger partial charge is 0.466 e. The van der Waals surface area contributed by atoms with Gasteiger partial charge in [-0.1, -0.05) is 13.8 Å². The van der Waals surface area contributed by atoms with Crippen LogP contribution in [-0.2, 0) is 14.3 Å². The molecule has 1 rings (SSSR count). The standard InChI is InChI=1S/C10H14O3/c1-10(2)5-7(9(12)13-3)4-8(11)6-10/h4H,5-6H2,1-3H3. The Labute approximate surface area is 77.8 Å². The monoisotopic (exact) mass is 182 g/mol. The lowest BCUT2D eigenvalue weighted by Gasteiger charge is -2.27. The first-order chi connectivity index (χ1) is 5.94. The topological polar surface area (TPSA) is 43.4 Å². The van der Waals surface area contributed by atoms with Crippen molar-refractivity contribution in [1.29, 1.82) is 0 Å². The van der Waals surface area contributed by atoms with E-state index in [2.05, 4.69) is 4.74 Å². The van der Waals surface area contributed by atoms with Crippen molar-refractivity contribution in [2.75, 3.05) is 7.11 Å². The summed E-state index contributed by atoms with van der Waals surface area (Å²) in [6.45, 7) is 3.95. The van der Waals surface area contributed by atoms with Crippen LogP contribution in [0.2, 0.25) is 0 Å². The number of esters is 1. The van der Waals surface area contributed by atoms with E-state index in [9.17, 15) is 9.59 Å². The molecule has 0 radical (unpaired) electrons. The van der Waals surface area contributed by atoms with E-state index in [1.807, 2.05) is 13.8 Å². The van der Waals surface area contributed by atoms with E-state index in [1.165, 1.54) is 13.2 Å². The molecule has 0 saturated heterocycles. The Kier molecular flexibility index (Phi) is 2.55. The quantitative estimate of drug-likeness (QED) is 0.577. The van der Waals surface area contributed by atoms with Crippen molar-refractivity contribution in [3.8, 4) is 0 Å². The summed E-state index contributed by atoms with van der Waals surface area (Å²) in [5.41, 5.74) is 0.374. The van der Waals surface area contributed by atoms with Gasteiger partial charge in [-0.05, 0) is 17.9 Å². The van der Waals surface area contributed by atoms with Crippen molar-refractivity contribution >= 4 is 11.8 Å². The number of carbonyl (C=O) groups excluding carboxylic acids is 2. The summed E-state index contributed by atoms with van der Waals surface area (Å²) in [6.07, 6.45) is 2.52. The third-order valence-corrected chi connectivity index (χ3v) is 2.10. The van der Waals surface area contributed by atoms with Crippen LogP contribution in [0.5, 0.6) is 0 Å². The predicted molar refractivity (Wildman–Crippen MR) is 48.1 cm³/mol. The lowest BCUT2D eigenvalue weighted by molar-refractivity contribution is -0.137. The number of carbonyl (C=O) groups is 2. The lowest BCUT2D eigenvalue weighted by Crippen LogP contribution is -2.25. The summed E-state index contributed by atoms with van der Waals surface area (Å²) in [7, 11) is 1.33. The fraction of sp³-hybridized carbons (Fsp3) is 0.600. The molecule has 0 unspecified atom stereocenters. The minimum absolute atomic E-state index is 0.0108. The van der Waals surface area contributed by atoms with Crippen LogP contribution in [0.3, 0.4) is 0 Å². The average molecular weight is 182 g/mol. The summed E-state index contributed by atoms with van der Waals surface area (Å²) in [5, 5.41) is 0. The van der Waals surface area contributed by atoms with Crippen molar-refractivity contribution in [1.82, 2.24) is 0 Å².